The third-order valence-electron chi connectivity index (χ3n) is 3.69. The number of aldehydes is 1. The van der Waals surface area contributed by atoms with Gasteiger partial charge in [-0.3, -0.25) is 14.9 Å². The van der Waals surface area contributed by atoms with E-state index in [1.165, 1.54) is 0 Å². The summed E-state index contributed by atoms with van der Waals surface area (Å²) in [5.74, 6) is -0.333. The first-order chi connectivity index (χ1) is 12.7. The zero-order valence-electron chi connectivity index (χ0n) is 13.8. The first-order valence-electron chi connectivity index (χ1n) is 7.93. The minimum absolute atomic E-state index is 0.289. The molecule has 0 bridgehead atoms. The van der Waals surface area contributed by atoms with Crippen molar-refractivity contribution in [3.8, 4) is 5.75 Å². The molecule has 2 N–H and O–H groups in total. The van der Waals surface area contributed by atoms with Gasteiger partial charge in [-0.25, -0.2) is 4.79 Å². The normalized spacial score (nSPS) is 10.2. The highest BCUT2D eigenvalue weighted by atomic mass is 16.5. The molecule has 0 radical (unpaired) electrons. The summed E-state index contributed by atoms with van der Waals surface area (Å²) in [6.45, 7) is -0.388. The summed E-state index contributed by atoms with van der Waals surface area (Å²) < 4.78 is 5.43. The number of anilines is 1. The van der Waals surface area contributed by atoms with Crippen molar-refractivity contribution in [2.24, 2.45) is 0 Å². The SMILES string of the molecule is O=Cc1c(OCC(=O)NC(=O)Nc2ccccc2)ccc2ccccc12. The lowest BCUT2D eigenvalue weighted by Gasteiger charge is -2.11. The summed E-state index contributed by atoms with van der Waals surface area (Å²) in [7, 11) is 0. The molecule has 0 spiro atoms. The van der Waals surface area contributed by atoms with Gasteiger partial charge in [0.05, 0.1) is 5.56 Å². The van der Waals surface area contributed by atoms with Gasteiger partial charge in [0.25, 0.3) is 5.91 Å². The topological polar surface area (TPSA) is 84.5 Å². The van der Waals surface area contributed by atoms with Crippen molar-refractivity contribution in [1.29, 1.82) is 0 Å². The van der Waals surface area contributed by atoms with Gasteiger partial charge < -0.3 is 10.1 Å². The van der Waals surface area contributed by atoms with E-state index in [0.717, 1.165) is 10.8 Å². The van der Waals surface area contributed by atoms with Gasteiger partial charge >= 0.3 is 6.03 Å². The van der Waals surface area contributed by atoms with Gasteiger partial charge in [-0.2, -0.15) is 0 Å². The number of nitrogens with one attached hydrogen (secondary N) is 2. The van der Waals surface area contributed by atoms with Crippen LogP contribution < -0.4 is 15.4 Å². The Morgan fingerprint density at radius 2 is 1.65 bits per heavy atom. The van der Waals surface area contributed by atoms with Crippen LogP contribution in [0.4, 0.5) is 10.5 Å². The molecule has 0 aliphatic heterocycles. The number of carbonyl (C=O) groups is 3. The lowest BCUT2D eigenvalue weighted by atomic mass is 10.0. The average Bonchev–Trinajstić information content (AvgIpc) is 2.66. The standard InChI is InChI=1S/C20H16N2O4/c23-12-17-16-9-5-4-6-14(16)10-11-18(17)26-13-19(24)22-20(25)21-15-7-2-1-3-8-15/h1-12H,13H2,(H2,21,22,24,25). The van der Waals surface area contributed by atoms with Gasteiger partial charge in [-0.15, -0.1) is 0 Å². The molecule has 0 aromatic heterocycles. The monoisotopic (exact) mass is 348 g/mol. The average molecular weight is 348 g/mol. The molecule has 0 aliphatic rings. The Labute approximate surface area is 149 Å². The number of hydrogen-bond acceptors (Lipinski definition) is 4. The number of fused-ring (bicyclic) bond motifs is 1. The largest absolute Gasteiger partial charge is 0.483 e. The molecule has 0 fully saturated rings. The second-order valence-corrected chi connectivity index (χ2v) is 5.47. The molecule has 3 aromatic carbocycles. The first-order valence-corrected chi connectivity index (χ1v) is 7.93. The van der Waals surface area contributed by atoms with Crippen LogP contribution in [0.3, 0.4) is 0 Å². The molecule has 3 rings (SSSR count). The molecule has 6 heteroatoms. The predicted octanol–water partition coefficient (Wildman–Crippen LogP) is 3.38. The zero-order chi connectivity index (χ0) is 18.4. The molecular formula is C20H16N2O4. The van der Waals surface area contributed by atoms with Crippen molar-refractivity contribution < 1.29 is 19.1 Å². The van der Waals surface area contributed by atoms with E-state index in [4.69, 9.17) is 4.74 Å². The van der Waals surface area contributed by atoms with Crippen molar-refractivity contribution in [3.05, 3.63) is 72.3 Å². The number of para-hydroxylation sites is 1. The van der Waals surface area contributed by atoms with E-state index in [-0.39, 0.29) is 12.4 Å². The van der Waals surface area contributed by atoms with Crippen LogP contribution in [0, 0.1) is 0 Å². The predicted molar refractivity (Wildman–Crippen MR) is 98.4 cm³/mol. The second kappa shape index (κ2) is 7.94. The van der Waals surface area contributed by atoms with Gasteiger partial charge in [-0.05, 0) is 29.0 Å². The molecule has 3 aromatic rings. The third-order valence-corrected chi connectivity index (χ3v) is 3.69. The molecular weight excluding hydrogens is 332 g/mol. The van der Waals surface area contributed by atoms with Crippen molar-refractivity contribution >= 4 is 34.7 Å². The molecule has 0 unspecified atom stereocenters. The van der Waals surface area contributed by atoms with E-state index >= 15 is 0 Å². The maximum atomic E-state index is 11.9. The molecule has 3 amide bonds. The van der Waals surface area contributed by atoms with Crippen molar-refractivity contribution in [2.75, 3.05) is 11.9 Å². The van der Waals surface area contributed by atoms with Crippen LogP contribution in [0.5, 0.6) is 5.75 Å². The fourth-order valence-corrected chi connectivity index (χ4v) is 2.51. The number of benzene rings is 3. The van der Waals surface area contributed by atoms with Crippen molar-refractivity contribution in [2.45, 2.75) is 0 Å². The number of imide groups is 1. The maximum absolute atomic E-state index is 11.9. The highest BCUT2D eigenvalue weighted by Crippen LogP contribution is 2.26. The van der Waals surface area contributed by atoms with E-state index in [9.17, 15) is 14.4 Å². The van der Waals surface area contributed by atoms with Crippen LogP contribution in [0.15, 0.2) is 66.7 Å². The second-order valence-electron chi connectivity index (χ2n) is 5.47. The minimum atomic E-state index is -0.654. The number of ether oxygens (including phenoxy) is 1. The molecule has 6 nitrogen and oxygen atoms in total. The van der Waals surface area contributed by atoms with Gasteiger partial charge in [-0.1, -0.05) is 48.5 Å². The van der Waals surface area contributed by atoms with Crippen LogP contribution in [0.2, 0.25) is 0 Å². The van der Waals surface area contributed by atoms with Crippen LogP contribution in [0.25, 0.3) is 10.8 Å². The number of carbonyl (C=O) groups excluding carboxylic acids is 3. The molecule has 0 atom stereocenters. The van der Waals surface area contributed by atoms with Gasteiger partial charge in [0.1, 0.15) is 5.75 Å². The van der Waals surface area contributed by atoms with Gasteiger partial charge in [0.15, 0.2) is 12.9 Å². The molecule has 26 heavy (non-hydrogen) atoms. The summed E-state index contributed by atoms with van der Waals surface area (Å²) in [6, 6.07) is 18.9. The van der Waals surface area contributed by atoms with Crippen LogP contribution in [-0.2, 0) is 4.79 Å². The van der Waals surface area contributed by atoms with Gasteiger partial charge in [0.2, 0.25) is 0 Å². The van der Waals surface area contributed by atoms with E-state index in [1.54, 1.807) is 42.5 Å². The summed E-state index contributed by atoms with van der Waals surface area (Å²) in [5.41, 5.74) is 0.932. The summed E-state index contributed by atoms with van der Waals surface area (Å²) in [5, 5.41) is 6.34. The highest BCUT2D eigenvalue weighted by Gasteiger charge is 2.12. The first kappa shape index (κ1) is 17.2. The van der Waals surface area contributed by atoms with E-state index in [2.05, 4.69) is 10.6 Å². The maximum Gasteiger partial charge on any atom is 0.325 e. The molecule has 0 saturated carbocycles. The lowest BCUT2D eigenvalue weighted by molar-refractivity contribution is -0.121. The Bertz CT molecular complexity index is 954. The Hall–Kier alpha value is -3.67. The van der Waals surface area contributed by atoms with Crippen LogP contribution in [-0.4, -0.2) is 24.8 Å². The van der Waals surface area contributed by atoms with E-state index < -0.39 is 11.9 Å². The summed E-state index contributed by atoms with van der Waals surface area (Å²) in [4.78, 5) is 35.1. The number of rotatable bonds is 5. The van der Waals surface area contributed by atoms with Gasteiger partial charge in [0, 0.05) is 5.69 Å². The molecule has 0 saturated heterocycles. The number of amides is 3. The lowest BCUT2D eigenvalue weighted by Crippen LogP contribution is -2.37. The molecule has 0 heterocycles. The van der Waals surface area contributed by atoms with Crippen LogP contribution in [0.1, 0.15) is 10.4 Å². The Morgan fingerprint density at radius 1 is 0.923 bits per heavy atom. The molecule has 0 aliphatic carbocycles. The quantitative estimate of drug-likeness (QED) is 0.692. The fraction of sp³-hybridized carbons (Fsp3) is 0.0500. The fourth-order valence-electron chi connectivity index (χ4n) is 2.51. The number of hydrogen-bond donors (Lipinski definition) is 2. The Kier molecular flexibility index (Phi) is 5.24. The smallest absolute Gasteiger partial charge is 0.325 e. The Morgan fingerprint density at radius 3 is 2.42 bits per heavy atom. The van der Waals surface area contributed by atoms with Crippen molar-refractivity contribution in [1.82, 2.24) is 5.32 Å². The Balaban J connectivity index is 1.62. The minimum Gasteiger partial charge on any atom is -0.483 e. The van der Waals surface area contributed by atoms with E-state index in [0.29, 0.717) is 17.5 Å². The highest BCUT2D eigenvalue weighted by molar-refractivity contribution is 6.02. The van der Waals surface area contributed by atoms with E-state index in [1.807, 2.05) is 24.3 Å². The van der Waals surface area contributed by atoms with Crippen LogP contribution >= 0.6 is 0 Å². The summed E-state index contributed by atoms with van der Waals surface area (Å²) >= 11 is 0. The third kappa shape index (κ3) is 4.05. The number of urea groups is 1. The summed E-state index contributed by atoms with van der Waals surface area (Å²) in [6.07, 6.45) is 0.692. The molecule has 130 valence electrons. The zero-order valence-corrected chi connectivity index (χ0v) is 13.8. The van der Waals surface area contributed by atoms with Crippen molar-refractivity contribution in [3.63, 3.8) is 0 Å².